The Hall–Kier alpha value is -1.84. The van der Waals surface area contributed by atoms with Crippen LogP contribution in [-0.4, -0.2) is 31.2 Å². The van der Waals surface area contributed by atoms with Crippen molar-refractivity contribution in [2.75, 3.05) is 11.1 Å². The lowest BCUT2D eigenvalue weighted by atomic mass is 10.1. The van der Waals surface area contributed by atoms with Gasteiger partial charge in [0.2, 0.25) is 11.0 Å². The van der Waals surface area contributed by atoms with E-state index in [0.29, 0.717) is 11.0 Å². The van der Waals surface area contributed by atoms with Crippen LogP contribution in [0, 0.1) is 6.92 Å². The lowest BCUT2D eigenvalue weighted by Gasteiger charge is -1.98. The highest BCUT2D eigenvalue weighted by Crippen LogP contribution is 2.25. The molecule has 9 heteroatoms. The molecule has 24 heavy (non-hydrogen) atoms. The van der Waals surface area contributed by atoms with Gasteiger partial charge in [0.25, 0.3) is 0 Å². The first-order chi connectivity index (χ1) is 11.6. The van der Waals surface area contributed by atoms with E-state index in [9.17, 15) is 4.79 Å². The number of aromatic nitrogens is 4. The van der Waals surface area contributed by atoms with Gasteiger partial charge >= 0.3 is 0 Å². The molecule has 1 N–H and O–H groups in total. The highest BCUT2D eigenvalue weighted by Gasteiger charge is 2.11. The third kappa shape index (κ3) is 4.37. The number of carbonyl (C=O) groups excluding carboxylic acids is 1. The van der Waals surface area contributed by atoms with Crippen LogP contribution in [0.15, 0.2) is 28.6 Å². The molecular weight excluding hydrogens is 362 g/mol. The van der Waals surface area contributed by atoms with Crippen molar-refractivity contribution in [3.05, 3.63) is 34.8 Å². The molecule has 124 valence electrons. The summed E-state index contributed by atoms with van der Waals surface area (Å²) in [6.07, 6.45) is 0.814. The first kappa shape index (κ1) is 17.0. The Balaban J connectivity index is 1.55. The molecule has 0 unspecified atom stereocenters. The fourth-order valence-corrected chi connectivity index (χ4v) is 3.93. The van der Waals surface area contributed by atoms with Crippen LogP contribution < -0.4 is 5.32 Å². The summed E-state index contributed by atoms with van der Waals surface area (Å²) in [4.78, 5) is 16.4. The van der Waals surface area contributed by atoms with Crippen LogP contribution in [0.25, 0.3) is 11.4 Å². The molecule has 0 saturated heterocycles. The van der Waals surface area contributed by atoms with Crippen molar-refractivity contribution in [2.24, 2.45) is 0 Å². The number of carbonyl (C=O) groups is 1. The predicted octanol–water partition coefficient (Wildman–Crippen LogP) is 3.66. The molecule has 0 spiro atoms. The van der Waals surface area contributed by atoms with Crippen molar-refractivity contribution >= 4 is 45.7 Å². The molecule has 3 rings (SSSR count). The zero-order valence-corrected chi connectivity index (χ0v) is 15.6. The Kier molecular flexibility index (Phi) is 5.54. The second-order valence-electron chi connectivity index (χ2n) is 4.94. The minimum atomic E-state index is -0.120. The highest BCUT2D eigenvalue weighted by molar-refractivity contribution is 8.01. The van der Waals surface area contributed by atoms with Gasteiger partial charge in [-0.2, -0.15) is 4.37 Å². The normalized spacial score (nSPS) is 10.8. The molecule has 6 nitrogen and oxygen atoms in total. The average Bonchev–Trinajstić information content (AvgIpc) is 3.23. The second kappa shape index (κ2) is 7.82. The van der Waals surface area contributed by atoms with Crippen molar-refractivity contribution in [1.82, 2.24) is 19.6 Å². The fraction of sp³-hybridized carbons (Fsp3) is 0.267. The number of anilines is 1. The van der Waals surface area contributed by atoms with Crippen molar-refractivity contribution in [2.45, 2.75) is 24.6 Å². The first-order valence-corrected chi connectivity index (χ1v) is 9.87. The van der Waals surface area contributed by atoms with E-state index in [4.69, 9.17) is 0 Å². The quantitative estimate of drug-likeness (QED) is 0.660. The van der Waals surface area contributed by atoms with Gasteiger partial charge in [0.15, 0.2) is 10.2 Å². The number of aryl methyl sites for hydroxylation is 2. The second-order valence-corrected chi connectivity index (χ2v) is 7.98. The molecule has 2 aromatic heterocycles. The maximum absolute atomic E-state index is 12.0. The zero-order valence-electron chi connectivity index (χ0n) is 13.1. The van der Waals surface area contributed by atoms with Gasteiger partial charge in [-0.05, 0) is 24.9 Å². The van der Waals surface area contributed by atoms with Crippen LogP contribution in [-0.2, 0) is 11.2 Å². The van der Waals surface area contributed by atoms with E-state index in [0.717, 1.165) is 21.3 Å². The van der Waals surface area contributed by atoms with Gasteiger partial charge < -0.3 is 0 Å². The number of amides is 1. The fourth-order valence-electron chi connectivity index (χ4n) is 1.82. The highest BCUT2D eigenvalue weighted by atomic mass is 32.2. The van der Waals surface area contributed by atoms with E-state index in [-0.39, 0.29) is 11.7 Å². The van der Waals surface area contributed by atoms with E-state index in [1.54, 1.807) is 0 Å². The Bertz CT molecular complexity index is 828. The first-order valence-electron chi connectivity index (χ1n) is 7.30. The van der Waals surface area contributed by atoms with Crippen molar-refractivity contribution in [1.29, 1.82) is 0 Å². The summed E-state index contributed by atoms with van der Waals surface area (Å²) in [5.41, 5.74) is 2.18. The van der Waals surface area contributed by atoms with Crippen molar-refractivity contribution in [3.8, 4) is 11.4 Å². The van der Waals surface area contributed by atoms with Crippen molar-refractivity contribution in [3.63, 3.8) is 0 Å². The smallest absolute Gasteiger partial charge is 0.236 e. The summed E-state index contributed by atoms with van der Waals surface area (Å²) in [5.74, 6) is 0.842. The molecule has 0 aliphatic carbocycles. The number of thioether (sulfide) groups is 1. The summed E-state index contributed by atoms with van der Waals surface area (Å²) in [5, 5.41) is 12.1. The maximum atomic E-state index is 12.0. The Labute approximate surface area is 151 Å². The largest absolute Gasteiger partial charge is 0.300 e. The molecule has 2 heterocycles. The molecule has 1 amide bonds. The topological polar surface area (TPSA) is 80.7 Å². The Morgan fingerprint density at radius 3 is 2.75 bits per heavy atom. The van der Waals surface area contributed by atoms with E-state index in [1.165, 1.54) is 40.2 Å². The van der Waals surface area contributed by atoms with Crippen LogP contribution in [0.3, 0.4) is 0 Å². The zero-order chi connectivity index (χ0) is 16.9. The lowest BCUT2D eigenvalue weighted by molar-refractivity contribution is -0.113. The van der Waals surface area contributed by atoms with Gasteiger partial charge in [-0.15, -0.1) is 10.2 Å². The summed E-state index contributed by atoms with van der Waals surface area (Å²) >= 11 is 4.07. The van der Waals surface area contributed by atoms with Crippen LogP contribution in [0.5, 0.6) is 0 Å². The van der Waals surface area contributed by atoms with Crippen LogP contribution in [0.2, 0.25) is 0 Å². The number of nitrogens with zero attached hydrogens (tertiary/aromatic N) is 4. The number of benzene rings is 1. The van der Waals surface area contributed by atoms with Gasteiger partial charge in [-0.25, -0.2) is 4.98 Å². The summed E-state index contributed by atoms with van der Waals surface area (Å²) in [6, 6.07) is 8.06. The number of rotatable bonds is 6. The molecule has 0 atom stereocenters. The molecule has 0 fully saturated rings. The third-order valence-corrected chi connectivity index (χ3v) is 5.88. The molecular formula is C15H15N5OS3. The molecule has 0 saturated carbocycles. The molecule has 0 radical (unpaired) electrons. The molecule has 1 aromatic carbocycles. The minimum absolute atomic E-state index is 0.120. The molecule has 0 aliphatic heterocycles. The molecule has 3 aromatic rings. The van der Waals surface area contributed by atoms with Crippen LogP contribution in [0.4, 0.5) is 5.13 Å². The third-order valence-electron chi connectivity index (χ3n) is 3.06. The Morgan fingerprint density at radius 2 is 2.04 bits per heavy atom. The van der Waals surface area contributed by atoms with Gasteiger partial charge in [-0.3, -0.25) is 10.1 Å². The molecule has 0 aliphatic rings. The van der Waals surface area contributed by atoms with E-state index in [2.05, 4.69) is 24.9 Å². The van der Waals surface area contributed by atoms with Crippen LogP contribution in [0.1, 0.15) is 17.5 Å². The predicted molar refractivity (Wildman–Crippen MR) is 98.7 cm³/mol. The minimum Gasteiger partial charge on any atom is -0.300 e. The lowest BCUT2D eigenvalue weighted by Crippen LogP contribution is -2.13. The maximum Gasteiger partial charge on any atom is 0.236 e. The van der Waals surface area contributed by atoms with Crippen LogP contribution >= 0.6 is 34.6 Å². The van der Waals surface area contributed by atoms with Gasteiger partial charge in [-0.1, -0.05) is 59.9 Å². The van der Waals surface area contributed by atoms with Crippen molar-refractivity contribution < 1.29 is 4.79 Å². The summed E-state index contributed by atoms with van der Waals surface area (Å²) < 4.78 is 5.12. The van der Waals surface area contributed by atoms with Gasteiger partial charge in [0.1, 0.15) is 5.01 Å². The van der Waals surface area contributed by atoms with Gasteiger partial charge in [0.05, 0.1) is 5.75 Å². The number of hydrogen-bond donors (Lipinski definition) is 1. The number of hydrogen-bond acceptors (Lipinski definition) is 8. The van der Waals surface area contributed by atoms with E-state index in [1.807, 2.05) is 38.1 Å². The van der Waals surface area contributed by atoms with Gasteiger partial charge in [0, 0.05) is 5.56 Å². The monoisotopic (exact) mass is 377 g/mol. The van der Waals surface area contributed by atoms with E-state index < -0.39 is 0 Å². The number of nitrogens with one attached hydrogen (secondary N) is 1. The average molecular weight is 378 g/mol. The Morgan fingerprint density at radius 1 is 1.25 bits per heavy atom. The summed E-state index contributed by atoms with van der Waals surface area (Å²) in [6.45, 7) is 4.04. The van der Waals surface area contributed by atoms with E-state index >= 15 is 0 Å². The molecule has 0 bridgehead atoms. The SMILES string of the molecule is CCc1nnc(NC(=O)CSc2nc(-c3ccc(C)cc3)ns2)s1. The standard InChI is InChI=1S/C15H15N5OS3/c1-3-12-18-19-14(23-12)16-11(21)8-22-15-17-13(20-24-15)10-6-4-9(2)5-7-10/h4-7H,3,8H2,1-2H3,(H,16,19,21). The summed E-state index contributed by atoms with van der Waals surface area (Å²) in [7, 11) is 0.